The van der Waals surface area contributed by atoms with Crippen molar-refractivity contribution in [2.45, 2.75) is 69.6 Å². The lowest BCUT2D eigenvalue weighted by atomic mass is 9.82. The molecular formula is C25H34ClN3O3. The molecule has 0 spiro atoms. The minimum absolute atomic E-state index is 0.0887. The Morgan fingerprint density at radius 2 is 2.00 bits per heavy atom. The highest BCUT2D eigenvalue weighted by atomic mass is 35.5. The zero-order valence-corrected chi connectivity index (χ0v) is 19.6. The number of fused-ring (bicyclic) bond motifs is 1. The van der Waals surface area contributed by atoms with Gasteiger partial charge in [0.1, 0.15) is 6.10 Å². The van der Waals surface area contributed by atoms with Crippen LogP contribution >= 0.6 is 11.6 Å². The average molecular weight is 460 g/mol. The van der Waals surface area contributed by atoms with Gasteiger partial charge in [0, 0.05) is 30.1 Å². The van der Waals surface area contributed by atoms with Crippen molar-refractivity contribution in [1.29, 1.82) is 0 Å². The number of halogens is 1. The number of carbonyl (C=O) groups excluding carboxylic acids is 2. The Morgan fingerprint density at radius 3 is 2.78 bits per heavy atom. The fourth-order valence-electron chi connectivity index (χ4n) is 5.17. The molecule has 174 valence electrons. The van der Waals surface area contributed by atoms with E-state index >= 15 is 0 Å². The topological polar surface area (TPSA) is 70.7 Å². The molecule has 7 heteroatoms. The number of rotatable bonds is 6. The van der Waals surface area contributed by atoms with Crippen LogP contribution in [0, 0.1) is 5.92 Å². The molecule has 0 aromatic heterocycles. The summed E-state index contributed by atoms with van der Waals surface area (Å²) < 4.78 is 6.02. The molecule has 3 unspecified atom stereocenters. The first-order valence-electron chi connectivity index (χ1n) is 11.9. The van der Waals surface area contributed by atoms with Crippen molar-refractivity contribution in [1.82, 2.24) is 15.5 Å². The van der Waals surface area contributed by atoms with Gasteiger partial charge in [0.15, 0.2) is 5.76 Å². The normalized spacial score (nSPS) is 27.5. The molecule has 2 amide bonds. The van der Waals surface area contributed by atoms with Gasteiger partial charge in [-0.25, -0.2) is 0 Å². The Kier molecular flexibility index (Phi) is 7.74. The summed E-state index contributed by atoms with van der Waals surface area (Å²) in [5.41, 5.74) is 0.754. The summed E-state index contributed by atoms with van der Waals surface area (Å²) in [6.45, 7) is 1.55. The van der Waals surface area contributed by atoms with Crippen molar-refractivity contribution in [3.63, 3.8) is 0 Å². The molecule has 1 aliphatic heterocycles. The van der Waals surface area contributed by atoms with Crippen LogP contribution in [0.3, 0.4) is 0 Å². The number of morpholine rings is 1. The summed E-state index contributed by atoms with van der Waals surface area (Å²) in [5.74, 6) is 0.0377. The van der Waals surface area contributed by atoms with E-state index in [0.717, 1.165) is 24.9 Å². The van der Waals surface area contributed by atoms with Crippen LogP contribution in [-0.2, 0) is 14.3 Å². The van der Waals surface area contributed by atoms with Crippen molar-refractivity contribution in [2.24, 2.45) is 5.92 Å². The number of nitrogens with zero attached hydrogens (tertiary/aromatic N) is 1. The molecule has 0 bridgehead atoms. The second-order valence-corrected chi connectivity index (χ2v) is 9.75. The van der Waals surface area contributed by atoms with Crippen molar-refractivity contribution in [3.05, 3.63) is 40.6 Å². The van der Waals surface area contributed by atoms with Gasteiger partial charge in [-0.05, 0) is 56.9 Å². The molecule has 2 aliphatic carbocycles. The molecule has 6 nitrogen and oxygen atoms in total. The van der Waals surface area contributed by atoms with Gasteiger partial charge < -0.3 is 20.3 Å². The van der Waals surface area contributed by atoms with Gasteiger partial charge in [0.25, 0.3) is 5.91 Å². The third-order valence-electron chi connectivity index (χ3n) is 7.13. The summed E-state index contributed by atoms with van der Waals surface area (Å²) in [5, 5.41) is 6.74. The van der Waals surface area contributed by atoms with Crippen LogP contribution < -0.4 is 10.6 Å². The summed E-state index contributed by atoms with van der Waals surface area (Å²) in [4.78, 5) is 27.7. The molecule has 1 saturated heterocycles. The highest BCUT2D eigenvalue weighted by Gasteiger charge is 2.40. The van der Waals surface area contributed by atoms with Gasteiger partial charge >= 0.3 is 0 Å². The van der Waals surface area contributed by atoms with E-state index in [2.05, 4.69) is 22.6 Å². The van der Waals surface area contributed by atoms with E-state index in [1.54, 1.807) is 12.1 Å². The molecule has 1 heterocycles. The molecule has 1 aromatic rings. The van der Waals surface area contributed by atoms with Crippen LogP contribution in [0.25, 0.3) is 6.08 Å². The van der Waals surface area contributed by atoms with Gasteiger partial charge in [-0.3, -0.25) is 9.59 Å². The van der Waals surface area contributed by atoms with Gasteiger partial charge in [-0.2, -0.15) is 0 Å². The van der Waals surface area contributed by atoms with E-state index in [0.29, 0.717) is 24.0 Å². The molecule has 2 N–H and O–H groups in total. The van der Waals surface area contributed by atoms with E-state index in [1.165, 1.54) is 32.1 Å². The highest BCUT2D eigenvalue weighted by molar-refractivity contribution is 6.32. The third-order valence-corrected chi connectivity index (χ3v) is 7.47. The maximum absolute atomic E-state index is 12.7. The third kappa shape index (κ3) is 5.65. The van der Waals surface area contributed by atoms with Gasteiger partial charge in [-0.1, -0.05) is 49.1 Å². The number of amides is 2. The van der Waals surface area contributed by atoms with E-state index in [-0.39, 0.29) is 35.6 Å². The zero-order chi connectivity index (χ0) is 22.5. The van der Waals surface area contributed by atoms with Crippen LogP contribution in [0.2, 0.25) is 5.02 Å². The first kappa shape index (κ1) is 23.1. The lowest BCUT2D eigenvalue weighted by Gasteiger charge is -2.39. The van der Waals surface area contributed by atoms with E-state index in [1.807, 2.05) is 18.2 Å². The predicted octanol–water partition coefficient (Wildman–Crippen LogP) is 3.75. The molecule has 2 saturated carbocycles. The summed E-state index contributed by atoms with van der Waals surface area (Å²) >= 11 is 6.21. The summed E-state index contributed by atoms with van der Waals surface area (Å²) in [6, 6.07) is 7.87. The number of benzene rings is 1. The molecule has 0 radical (unpaired) electrons. The molecular weight excluding hydrogens is 426 g/mol. The summed E-state index contributed by atoms with van der Waals surface area (Å²) in [6.07, 6.45) is 10.2. The van der Waals surface area contributed by atoms with Crippen molar-refractivity contribution >= 4 is 29.5 Å². The maximum Gasteiger partial charge on any atom is 0.286 e. The quantitative estimate of drug-likeness (QED) is 0.635. The summed E-state index contributed by atoms with van der Waals surface area (Å²) in [7, 11) is 2.16. The molecule has 3 aliphatic rings. The Labute approximate surface area is 195 Å². The molecule has 3 fully saturated rings. The van der Waals surface area contributed by atoms with Gasteiger partial charge in [-0.15, -0.1) is 0 Å². The largest absolute Gasteiger partial charge is 0.483 e. The fourth-order valence-corrected chi connectivity index (χ4v) is 5.36. The second-order valence-electron chi connectivity index (χ2n) is 9.34. The van der Waals surface area contributed by atoms with Crippen LogP contribution in [0.4, 0.5) is 0 Å². The van der Waals surface area contributed by atoms with Crippen LogP contribution in [-0.4, -0.2) is 55.0 Å². The second kappa shape index (κ2) is 10.7. The fraction of sp³-hybridized carbons (Fsp3) is 0.600. The highest BCUT2D eigenvalue weighted by Crippen LogP contribution is 2.32. The standard InChI is InChI=1S/C25H34ClN3O3/c1-29(19-8-3-2-4-9-19)14-13-27-24(30)18-11-12-22-21(15-18)28-25(31)23(32-22)16-17-7-5-6-10-20(17)26/h5-7,10,16,18-19,21-22H,2-4,8-9,11-15H2,1H3,(H,27,30)(H,28,31)/b23-16-. The Hall–Kier alpha value is -2.05. The van der Waals surface area contributed by atoms with Crippen LogP contribution in [0.15, 0.2) is 30.0 Å². The Balaban J connectivity index is 1.26. The number of hydrogen-bond donors (Lipinski definition) is 2. The van der Waals surface area contributed by atoms with Crippen LogP contribution in [0.5, 0.6) is 0 Å². The molecule has 1 aromatic carbocycles. The number of carbonyl (C=O) groups is 2. The van der Waals surface area contributed by atoms with Crippen molar-refractivity contribution < 1.29 is 14.3 Å². The SMILES string of the molecule is CN(CCNC(=O)C1CCC2O/C(=C\c3ccccc3Cl)C(=O)NC2C1)C1CCCCC1. The van der Waals surface area contributed by atoms with E-state index in [4.69, 9.17) is 16.3 Å². The minimum atomic E-state index is -0.249. The van der Waals surface area contributed by atoms with Crippen molar-refractivity contribution in [3.8, 4) is 0 Å². The Bertz CT molecular complexity index is 853. The lowest BCUT2D eigenvalue weighted by molar-refractivity contribution is -0.134. The van der Waals surface area contributed by atoms with Crippen LogP contribution in [0.1, 0.15) is 56.9 Å². The number of ether oxygens (including phenoxy) is 1. The molecule has 3 atom stereocenters. The predicted molar refractivity (Wildman–Crippen MR) is 126 cm³/mol. The van der Waals surface area contributed by atoms with Gasteiger partial charge in [0.05, 0.1) is 6.04 Å². The Morgan fingerprint density at radius 1 is 1.22 bits per heavy atom. The number of hydrogen-bond acceptors (Lipinski definition) is 4. The van der Waals surface area contributed by atoms with E-state index in [9.17, 15) is 9.59 Å². The monoisotopic (exact) mass is 459 g/mol. The van der Waals surface area contributed by atoms with Crippen molar-refractivity contribution in [2.75, 3.05) is 20.1 Å². The smallest absolute Gasteiger partial charge is 0.286 e. The number of nitrogens with one attached hydrogen (secondary N) is 2. The lowest BCUT2D eigenvalue weighted by Crippen LogP contribution is -2.55. The van der Waals surface area contributed by atoms with Gasteiger partial charge in [0.2, 0.25) is 5.91 Å². The first-order valence-corrected chi connectivity index (χ1v) is 12.3. The maximum atomic E-state index is 12.7. The zero-order valence-electron chi connectivity index (χ0n) is 18.8. The number of likely N-dealkylation sites (N-methyl/N-ethyl adjacent to an activating group) is 1. The minimum Gasteiger partial charge on any atom is -0.483 e. The molecule has 32 heavy (non-hydrogen) atoms. The average Bonchev–Trinajstić information content (AvgIpc) is 2.81. The first-order chi connectivity index (χ1) is 15.5. The van der Waals surface area contributed by atoms with E-state index < -0.39 is 0 Å². The molecule has 4 rings (SSSR count).